The Morgan fingerprint density at radius 1 is 1.13 bits per heavy atom. The highest BCUT2D eigenvalue weighted by Crippen LogP contribution is 2.34. The number of carbonyl (C=O) groups is 1. The van der Waals surface area contributed by atoms with Gasteiger partial charge < -0.3 is 14.0 Å². The lowest BCUT2D eigenvalue weighted by Crippen LogP contribution is -2.34. The molecule has 0 atom stereocenters. The molecule has 0 N–H and O–H groups in total. The fourth-order valence-corrected chi connectivity index (χ4v) is 2.65. The Morgan fingerprint density at radius 3 is 2.37 bits per heavy atom. The van der Waals surface area contributed by atoms with Gasteiger partial charge in [0.25, 0.3) is 5.69 Å². The molecule has 2 aromatic carbocycles. The van der Waals surface area contributed by atoms with Crippen molar-refractivity contribution in [3.05, 3.63) is 71.3 Å². The summed E-state index contributed by atoms with van der Waals surface area (Å²) in [5.41, 5.74) is 0.0208. The lowest BCUT2D eigenvalue weighted by molar-refractivity contribution is -0.384. The van der Waals surface area contributed by atoms with Gasteiger partial charge in [0.2, 0.25) is 0 Å². The van der Waals surface area contributed by atoms with Gasteiger partial charge in [-0.3, -0.25) is 15.0 Å². The zero-order valence-corrected chi connectivity index (χ0v) is 17.1. The number of nitro groups is 1. The van der Waals surface area contributed by atoms with Crippen molar-refractivity contribution < 1.29 is 19.2 Å². The Hall–Kier alpha value is -3.88. The van der Waals surface area contributed by atoms with Crippen molar-refractivity contribution in [2.45, 2.75) is 26.4 Å². The Bertz CT molecular complexity index is 1040. The first-order valence-corrected chi connectivity index (χ1v) is 9.15. The van der Waals surface area contributed by atoms with Gasteiger partial charge in [-0.15, -0.1) is 0 Å². The van der Waals surface area contributed by atoms with Crippen LogP contribution in [0.4, 0.5) is 16.2 Å². The number of benzene rings is 2. The standard InChI is InChI=1S/C21H22N4O5/c1-21(2,3)30-20(26)23(4)19-13-17(9-10-18(19)25(27)28)29-16-7-5-15(6-8-16)24-12-11-22-14-24/h5-14H,1-4H3. The van der Waals surface area contributed by atoms with Gasteiger partial charge in [-0.1, -0.05) is 0 Å². The first-order chi connectivity index (χ1) is 14.1. The number of hydrogen-bond acceptors (Lipinski definition) is 6. The molecule has 1 amide bonds. The van der Waals surface area contributed by atoms with Gasteiger partial charge in [-0.2, -0.15) is 0 Å². The van der Waals surface area contributed by atoms with Gasteiger partial charge in [0, 0.05) is 37.3 Å². The molecule has 0 aliphatic rings. The Labute approximate surface area is 173 Å². The molecule has 0 fully saturated rings. The monoisotopic (exact) mass is 410 g/mol. The van der Waals surface area contributed by atoms with E-state index in [0.29, 0.717) is 11.5 Å². The Balaban J connectivity index is 1.85. The number of nitrogens with zero attached hydrogens (tertiary/aromatic N) is 4. The van der Waals surface area contributed by atoms with E-state index in [2.05, 4.69) is 4.98 Å². The van der Waals surface area contributed by atoms with Crippen LogP contribution in [0.3, 0.4) is 0 Å². The van der Waals surface area contributed by atoms with E-state index in [9.17, 15) is 14.9 Å². The highest BCUT2D eigenvalue weighted by atomic mass is 16.6. The summed E-state index contributed by atoms with van der Waals surface area (Å²) in [6, 6.07) is 11.5. The summed E-state index contributed by atoms with van der Waals surface area (Å²) in [5.74, 6) is 0.889. The van der Waals surface area contributed by atoms with Crippen molar-refractivity contribution in [3.63, 3.8) is 0 Å². The summed E-state index contributed by atoms with van der Waals surface area (Å²) < 4.78 is 13.0. The van der Waals surface area contributed by atoms with Crippen LogP contribution in [0.5, 0.6) is 11.5 Å². The smallest absolute Gasteiger partial charge is 0.414 e. The molecule has 30 heavy (non-hydrogen) atoms. The first-order valence-electron chi connectivity index (χ1n) is 9.15. The average molecular weight is 410 g/mol. The molecule has 0 saturated heterocycles. The number of ether oxygens (including phenoxy) is 2. The van der Waals surface area contributed by atoms with Gasteiger partial charge in [-0.05, 0) is 51.1 Å². The van der Waals surface area contributed by atoms with Gasteiger partial charge in [-0.25, -0.2) is 9.78 Å². The molecule has 0 unspecified atom stereocenters. The minimum absolute atomic E-state index is 0.0711. The Morgan fingerprint density at radius 2 is 1.80 bits per heavy atom. The molecule has 3 rings (SSSR count). The fraction of sp³-hybridized carbons (Fsp3) is 0.238. The minimum Gasteiger partial charge on any atom is -0.457 e. The van der Waals surface area contributed by atoms with Crippen molar-refractivity contribution in [2.24, 2.45) is 0 Å². The van der Waals surface area contributed by atoms with E-state index in [0.717, 1.165) is 10.6 Å². The summed E-state index contributed by atoms with van der Waals surface area (Å²) in [7, 11) is 1.42. The van der Waals surface area contributed by atoms with E-state index in [4.69, 9.17) is 9.47 Å². The SMILES string of the molecule is CN(C(=O)OC(C)(C)C)c1cc(Oc2ccc(-n3ccnc3)cc2)ccc1[N+](=O)[O-]. The van der Waals surface area contributed by atoms with E-state index in [1.54, 1.807) is 45.4 Å². The average Bonchev–Trinajstić information content (AvgIpc) is 3.21. The maximum absolute atomic E-state index is 12.4. The third-order valence-electron chi connectivity index (χ3n) is 4.05. The number of anilines is 1. The largest absolute Gasteiger partial charge is 0.457 e. The van der Waals surface area contributed by atoms with Crippen molar-refractivity contribution in [1.82, 2.24) is 9.55 Å². The van der Waals surface area contributed by atoms with Crippen molar-refractivity contribution >= 4 is 17.5 Å². The van der Waals surface area contributed by atoms with Crippen LogP contribution in [0.1, 0.15) is 20.8 Å². The molecule has 0 aliphatic heterocycles. The maximum Gasteiger partial charge on any atom is 0.414 e. The zero-order valence-electron chi connectivity index (χ0n) is 17.1. The second-order valence-electron chi connectivity index (χ2n) is 7.51. The molecule has 0 radical (unpaired) electrons. The number of rotatable bonds is 5. The molecule has 0 bridgehead atoms. The van der Waals surface area contributed by atoms with Crippen LogP contribution in [0, 0.1) is 10.1 Å². The number of nitro benzene ring substituents is 1. The van der Waals surface area contributed by atoms with Crippen LogP contribution in [-0.4, -0.2) is 33.2 Å². The lowest BCUT2D eigenvalue weighted by atomic mass is 10.2. The van der Waals surface area contributed by atoms with Gasteiger partial charge in [0.1, 0.15) is 22.8 Å². The first kappa shape index (κ1) is 20.8. The van der Waals surface area contributed by atoms with Crippen molar-refractivity contribution in [2.75, 3.05) is 11.9 Å². The summed E-state index contributed by atoms with van der Waals surface area (Å²) in [5, 5.41) is 11.4. The third-order valence-corrected chi connectivity index (χ3v) is 4.05. The van der Waals surface area contributed by atoms with Crippen LogP contribution < -0.4 is 9.64 Å². The van der Waals surface area contributed by atoms with E-state index in [-0.39, 0.29) is 11.4 Å². The molecule has 0 aliphatic carbocycles. The summed E-state index contributed by atoms with van der Waals surface area (Å²) in [4.78, 5) is 28.4. The number of hydrogen-bond donors (Lipinski definition) is 0. The van der Waals surface area contributed by atoms with Crippen LogP contribution in [-0.2, 0) is 4.74 Å². The number of imidazole rings is 1. The van der Waals surface area contributed by atoms with Gasteiger partial charge in [0.15, 0.2) is 0 Å². The second-order valence-corrected chi connectivity index (χ2v) is 7.51. The van der Waals surface area contributed by atoms with Crippen LogP contribution in [0.25, 0.3) is 5.69 Å². The summed E-state index contributed by atoms with van der Waals surface area (Å²) in [6.45, 7) is 5.17. The maximum atomic E-state index is 12.4. The fourth-order valence-electron chi connectivity index (χ4n) is 2.65. The molecule has 1 aromatic heterocycles. The molecule has 3 aromatic rings. The van der Waals surface area contributed by atoms with E-state index >= 15 is 0 Å². The predicted octanol–water partition coefficient (Wildman–Crippen LogP) is 4.94. The highest BCUT2D eigenvalue weighted by Gasteiger charge is 2.26. The summed E-state index contributed by atoms with van der Waals surface area (Å²) >= 11 is 0. The zero-order chi connectivity index (χ0) is 21.9. The number of amides is 1. The second kappa shape index (κ2) is 8.24. The lowest BCUT2D eigenvalue weighted by Gasteiger charge is -2.24. The van der Waals surface area contributed by atoms with Crippen molar-refractivity contribution in [1.29, 1.82) is 0 Å². The molecular weight excluding hydrogens is 388 g/mol. The Kier molecular flexibility index (Phi) is 5.72. The van der Waals surface area contributed by atoms with E-state index in [1.807, 2.05) is 22.9 Å². The molecule has 156 valence electrons. The normalized spacial score (nSPS) is 11.1. The third kappa shape index (κ3) is 4.93. The molecule has 0 saturated carbocycles. The van der Waals surface area contributed by atoms with Crippen LogP contribution in [0.15, 0.2) is 61.2 Å². The molecule has 9 nitrogen and oxygen atoms in total. The van der Waals surface area contributed by atoms with Crippen molar-refractivity contribution in [3.8, 4) is 17.2 Å². The molecule has 1 heterocycles. The quantitative estimate of drug-likeness (QED) is 0.436. The van der Waals surface area contributed by atoms with Gasteiger partial charge in [0.05, 0.1) is 11.3 Å². The minimum atomic E-state index is -0.731. The number of carbonyl (C=O) groups excluding carboxylic acids is 1. The van der Waals surface area contributed by atoms with Gasteiger partial charge >= 0.3 is 6.09 Å². The molecule has 9 heteroatoms. The van der Waals surface area contributed by atoms with Crippen LogP contribution in [0.2, 0.25) is 0 Å². The topological polar surface area (TPSA) is 99.7 Å². The van der Waals surface area contributed by atoms with E-state index in [1.165, 1.54) is 25.2 Å². The molecule has 0 spiro atoms. The highest BCUT2D eigenvalue weighted by molar-refractivity contribution is 5.90. The van der Waals surface area contributed by atoms with E-state index < -0.39 is 16.6 Å². The van der Waals surface area contributed by atoms with Crippen LogP contribution >= 0.6 is 0 Å². The molecular formula is C21H22N4O5. The number of aromatic nitrogens is 2. The predicted molar refractivity (Wildman–Crippen MR) is 111 cm³/mol. The summed E-state index contributed by atoms with van der Waals surface area (Å²) in [6.07, 6.45) is 4.49.